The van der Waals surface area contributed by atoms with Gasteiger partial charge in [0.25, 0.3) is 0 Å². The highest BCUT2D eigenvalue weighted by Gasteiger charge is 2.38. The van der Waals surface area contributed by atoms with Crippen molar-refractivity contribution in [3.63, 3.8) is 0 Å². The number of hydrogen-bond donors (Lipinski definition) is 1. The molecule has 2 aliphatic rings. The molecule has 2 aliphatic heterocycles. The Morgan fingerprint density at radius 3 is 3.18 bits per heavy atom. The number of Topliss-reactive ketones (excluding diaryl/α,β-unsaturated/α-hetero) is 1. The van der Waals surface area contributed by atoms with E-state index in [4.69, 9.17) is 0 Å². The first-order valence-corrected chi connectivity index (χ1v) is 4.47. The molecule has 0 amide bonds. The topological polar surface area (TPSA) is 29.1 Å². The molecule has 2 nitrogen and oxygen atoms in total. The highest BCUT2D eigenvalue weighted by molar-refractivity contribution is 5.81. The maximum atomic E-state index is 11.2. The van der Waals surface area contributed by atoms with Crippen LogP contribution in [0, 0.1) is 0 Å². The Morgan fingerprint density at radius 2 is 2.45 bits per heavy atom. The highest BCUT2D eigenvalue weighted by Crippen LogP contribution is 2.31. The van der Waals surface area contributed by atoms with Crippen LogP contribution in [0.25, 0.3) is 0 Å². The molecule has 2 heterocycles. The summed E-state index contributed by atoms with van der Waals surface area (Å²) < 4.78 is 0. The Labute approximate surface area is 67.4 Å². The van der Waals surface area contributed by atoms with Gasteiger partial charge in [-0.05, 0) is 19.8 Å². The third kappa shape index (κ3) is 1.32. The summed E-state index contributed by atoms with van der Waals surface area (Å²) in [4.78, 5) is 11.2. The molecule has 11 heavy (non-hydrogen) atoms. The fraction of sp³-hybridized carbons (Fsp3) is 0.889. The van der Waals surface area contributed by atoms with Crippen molar-refractivity contribution in [2.45, 2.75) is 50.6 Å². The minimum atomic E-state index is 0.151. The van der Waals surface area contributed by atoms with E-state index in [0.29, 0.717) is 11.8 Å². The van der Waals surface area contributed by atoms with Crippen molar-refractivity contribution in [3.05, 3.63) is 0 Å². The van der Waals surface area contributed by atoms with Crippen LogP contribution in [0.1, 0.15) is 39.0 Å². The number of nitrogens with one attached hydrogen (secondary N) is 1. The van der Waals surface area contributed by atoms with Crippen molar-refractivity contribution in [1.82, 2.24) is 5.32 Å². The quantitative estimate of drug-likeness (QED) is 0.567. The standard InChI is InChI=1S/C9H15NO/c1-9-4-2-3-7(10-9)5-8(11)6-9/h7,10H,2-6H2,1H3. The largest absolute Gasteiger partial charge is 0.308 e. The van der Waals surface area contributed by atoms with Gasteiger partial charge >= 0.3 is 0 Å². The van der Waals surface area contributed by atoms with Crippen molar-refractivity contribution in [2.24, 2.45) is 0 Å². The molecule has 2 heteroatoms. The second-order valence-corrected chi connectivity index (χ2v) is 4.21. The van der Waals surface area contributed by atoms with Crippen LogP contribution in [0.3, 0.4) is 0 Å². The van der Waals surface area contributed by atoms with Crippen LogP contribution in [0.5, 0.6) is 0 Å². The minimum absolute atomic E-state index is 0.151. The Balaban J connectivity index is 2.15. The van der Waals surface area contributed by atoms with Crippen molar-refractivity contribution < 1.29 is 4.79 Å². The fourth-order valence-corrected chi connectivity index (χ4v) is 2.45. The summed E-state index contributed by atoms with van der Waals surface area (Å²) in [6.45, 7) is 2.18. The van der Waals surface area contributed by atoms with Gasteiger partial charge in [-0.15, -0.1) is 0 Å². The van der Waals surface area contributed by atoms with Gasteiger partial charge in [0.05, 0.1) is 0 Å². The molecule has 1 N–H and O–H groups in total. The van der Waals surface area contributed by atoms with Crippen molar-refractivity contribution >= 4 is 5.78 Å². The molecule has 2 rings (SSSR count). The van der Waals surface area contributed by atoms with Crippen LogP contribution in [-0.4, -0.2) is 17.4 Å². The Hall–Kier alpha value is -0.370. The van der Waals surface area contributed by atoms with E-state index >= 15 is 0 Å². The van der Waals surface area contributed by atoms with Crippen molar-refractivity contribution in [2.75, 3.05) is 0 Å². The first-order valence-electron chi connectivity index (χ1n) is 4.47. The van der Waals surface area contributed by atoms with Crippen molar-refractivity contribution in [1.29, 1.82) is 0 Å². The van der Waals surface area contributed by atoms with Gasteiger partial charge in [-0.3, -0.25) is 4.79 Å². The Kier molecular flexibility index (Phi) is 1.53. The number of ketones is 1. The monoisotopic (exact) mass is 153 g/mol. The third-order valence-corrected chi connectivity index (χ3v) is 2.90. The normalized spacial score (nSPS) is 44.1. The Bertz CT molecular complexity index is 190. The molecule has 0 aromatic heterocycles. The van der Waals surface area contributed by atoms with E-state index in [1.54, 1.807) is 0 Å². The molecule has 0 saturated carbocycles. The molecule has 2 bridgehead atoms. The zero-order chi connectivity index (χ0) is 7.90. The predicted molar refractivity (Wildman–Crippen MR) is 43.4 cm³/mol. The molecule has 0 spiro atoms. The molecule has 2 saturated heterocycles. The van der Waals surface area contributed by atoms with Gasteiger partial charge in [0.1, 0.15) is 5.78 Å². The van der Waals surface area contributed by atoms with Gasteiger partial charge < -0.3 is 5.32 Å². The SMILES string of the molecule is CC12CCCC(CC(=O)C1)N2. The molecule has 0 aromatic rings. The summed E-state index contributed by atoms with van der Waals surface area (Å²) in [6, 6.07) is 0.495. The molecule has 2 fully saturated rings. The second-order valence-electron chi connectivity index (χ2n) is 4.21. The summed E-state index contributed by atoms with van der Waals surface area (Å²) >= 11 is 0. The van der Waals surface area contributed by atoms with Gasteiger partial charge in [-0.2, -0.15) is 0 Å². The predicted octanol–water partition coefficient (Wildman–Crippen LogP) is 1.25. The number of hydrogen-bond acceptors (Lipinski definition) is 2. The van der Waals surface area contributed by atoms with E-state index in [2.05, 4.69) is 12.2 Å². The van der Waals surface area contributed by atoms with Gasteiger partial charge in [-0.1, -0.05) is 6.42 Å². The molecule has 0 aromatic carbocycles. The first-order chi connectivity index (χ1) is 5.18. The van der Waals surface area contributed by atoms with Gasteiger partial charge in [-0.25, -0.2) is 0 Å². The molecule has 0 aliphatic carbocycles. The zero-order valence-corrected chi connectivity index (χ0v) is 7.02. The Morgan fingerprint density at radius 1 is 1.64 bits per heavy atom. The van der Waals surface area contributed by atoms with Crippen LogP contribution >= 0.6 is 0 Å². The summed E-state index contributed by atoms with van der Waals surface area (Å²) in [6.07, 6.45) is 5.19. The third-order valence-electron chi connectivity index (χ3n) is 2.90. The first kappa shape index (κ1) is 7.29. The lowest BCUT2D eigenvalue weighted by Crippen LogP contribution is -2.57. The average molecular weight is 153 g/mol. The molecular weight excluding hydrogens is 138 g/mol. The van der Waals surface area contributed by atoms with Crippen LogP contribution < -0.4 is 5.32 Å². The fourth-order valence-electron chi connectivity index (χ4n) is 2.45. The van der Waals surface area contributed by atoms with E-state index in [0.717, 1.165) is 12.8 Å². The maximum Gasteiger partial charge on any atom is 0.136 e. The summed E-state index contributed by atoms with van der Waals surface area (Å²) in [7, 11) is 0. The molecule has 62 valence electrons. The number of rotatable bonds is 0. The second kappa shape index (κ2) is 2.31. The van der Waals surface area contributed by atoms with E-state index in [1.807, 2.05) is 0 Å². The number of carbonyl (C=O) groups is 1. The van der Waals surface area contributed by atoms with Gasteiger partial charge in [0.15, 0.2) is 0 Å². The number of fused-ring (bicyclic) bond motifs is 2. The summed E-state index contributed by atoms with van der Waals surface area (Å²) in [5, 5.41) is 3.54. The summed E-state index contributed by atoms with van der Waals surface area (Å²) in [5.74, 6) is 0.455. The van der Waals surface area contributed by atoms with Gasteiger partial charge in [0, 0.05) is 24.4 Å². The summed E-state index contributed by atoms with van der Waals surface area (Å²) in [5.41, 5.74) is 0.151. The minimum Gasteiger partial charge on any atom is -0.308 e. The maximum absolute atomic E-state index is 11.2. The molecule has 2 atom stereocenters. The lowest BCUT2D eigenvalue weighted by atomic mass is 9.77. The van der Waals surface area contributed by atoms with Crippen LogP contribution in [-0.2, 0) is 4.79 Å². The number of piperidine rings is 2. The lowest BCUT2D eigenvalue weighted by Gasteiger charge is -2.43. The van der Waals surface area contributed by atoms with Crippen LogP contribution in [0.2, 0.25) is 0 Å². The van der Waals surface area contributed by atoms with Gasteiger partial charge in [0.2, 0.25) is 0 Å². The molecule has 0 radical (unpaired) electrons. The van der Waals surface area contributed by atoms with Crippen molar-refractivity contribution in [3.8, 4) is 0 Å². The highest BCUT2D eigenvalue weighted by atomic mass is 16.1. The molecular formula is C9H15NO. The average Bonchev–Trinajstić information content (AvgIpc) is 1.82. The molecule has 2 unspecified atom stereocenters. The number of carbonyl (C=O) groups excluding carboxylic acids is 1. The van der Waals surface area contributed by atoms with Crippen LogP contribution in [0.4, 0.5) is 0 Å². The van der Waals surface area contributed by atoms with Crippen LogP contribution in [0.15, 0.2) is 0 Å². The lowest BCUT2D eigenvalue weighted by molar-refractivity contribution is -0.124. The van der Waals surface area contributed by atoms with E-state index < -0.39 is 0 Å². The smallest absolute Gasteiger partial charge is 0.136 e. The zero-order valence-electron chi connectivity index (χ0n) is 7.02. The van der Waals surface area contributed by atoms with E-state index in [-0.39, 0.29) is 5.54 Å². The van der Waals surface area contributed by atoms with E-state index in [9.17, 15) is 4.79 Å². The van der Waals surface area contributed by atoms with E-state index in [1.165, 1.54) is 19.3 Å².